The van der Waals surface area contributed by atoms with Crippen LogP contribution in [0.25, 0.3) is 0 Å². The van der Waals surface area contributed by atoms with E-state index >= 15 is 0 Å². The minimum Gasteiger partial charge on any atom is -0.382 e. The van der Waals surface area contributed by atoms with Crippen molar-refractivity contribution in [1.29, 1.82) is 0 Å². The minimum atomic E-state index is -0.327. The van der Waals surface area contributed by atoms with Crippen molar-refractivity contribution in [3.8, 4) is 0 Å². The second-order valence-electron chi connectivity index (χ2n) is 4.02. The molecule has 0 aromatic heterocycles. The van der Waals surface area contributed by atoms with Gasteiger partial charge in [0.25, 0.3) is 0 Å². The van der Waals surface area contributed by atoms with Gasteiger partial charge in [-0.2, -0.15) is 0 Å². The number of halogens is 2. The topological polar surface area (TPSA) is 21.3 Å². The predicted molar refractivity (Wildman–Crippen MR) is 65.6 cm³/mol. The highest BCUT2D eigenvalue weighted by Crippen LogP contribution is 2.21. The molecular weight excluding hydrogens is 229 g/mol. The van der Waals surface area contributed by atoms with Crippen LogP contribution in [0.3, 0.4) is 0 Å². The van der Waals surface area contributed by atoms with Gasteiger partial charge in [0.2, 0.25) is 0 Å². The van der Waals surface area contributed by atoms with Crippen molar-refractivity contribution in [2.75, 3.05) is 25.1 Å². The van der Waals surface area contributed by atoms with Crippen molar-refractivity contribution in [3.63, 3.8) is 0 Å². The van der Waals surface area contributed by atoms with Crippen molar-refractivity contribution in [2.45, 2.75) is 13.8 Å². The first-order valence-electron chi connectivity index (χ1n) is 5.36. The molecule has 16 heavy (non-hydrogen) atoms. The highest BCUT2D eigenvalue weighted by atomic mass is 35.5. The molecule has 0 atom stereocenters. The Labute approximate surface area is 101 Å². The van der Waals surface area contributed by atoms with Gasteiger partial charge in [-0.05, 0) is 24.1 Å². The predicted octanol–water partition coefficient (Wildman–Crippen LogP) is 3.56. The first kappa shape index (κ1) is 13.3. The molecule has 0 heterocycles. The molecule has 90 valence electrons. The van der Waals surface area contributed by atoms with Crippen LogP contribution in [-0.2, 0) is 4.74 Å². The zero-order valence-corrected chi connectivity index (χ0v) is 10.4. The fraction of sp³-hybridized carbons (Fsp3) is 0.500. The third kappa shape index (κ3) is 4.81. The Hall–Kier alpha value is -0.800. The lowest BCUT2D eigenvalue weighted by Gasteiger charge is -2.10. The first-order valence-corrected chi connectivity index (χ1v) is 5.74. The van der Waals surface area contributed by atoms with Crippen LogP contribution in [0.1, 0.15) is 13.8 Å². The first-order chi connectivity index (χ1) is 7.59. The molecule has 0 radical (unpaired) electrons. The lowest BCUT2D eigenvalue weighted by Crippen LogP contribution is -2.12. The van der Waals surface area contributed by atoms with Crippen LogP contribution < -0.4 is 5.32 Å². The molecule has 0 fully saturated rings. The largest absolute Gasteiger partial charge is 0.382 e. The standard InChI is InChI=1S/C12H17ClFNO/c1-9(2)8-16-6-5-15-12-4-3-10(14)7-11(12)13/h3-4,7,9,15H,5-6,8H2,1-2H3. The van der Waals surface area contributed by atoms with E-state index in [1.165, 1.54) is 12.1 Å². The molecule has 0 bridgehead atoms. The van der Waals surface area contributed by atoms with E-state index < -0.39 is 0 Å². The fourth-order valence-electron chi connectivity index (χ4n) is 1.21. The Bertz CT molecular complexity index is 331. The molecule has 0 unspecified atom stereocenters. The number of benzene rings is 1. The summed E-state index contributed by atoms with van der Waals surface area (Å²) in [5.41, 5.74) is 0.733. The van der Waals surface area contributed by atoms with E-state index in [1.807, 2.05) is 0 Å². The molecule has 0 spiro atoms. The van der Waals surface area contributed by atoms with Gasteiger partial charge in [0.1, 0.15) is 5.82 Å². The number of hydrogen-bond acceptors (Lipinski definition) is 2. The van der Waals surface area contributed by atoms with E-state index in [4.69, 9.17) is 16.3 Å². The van der Waals surface area contributed by atoms with Gasteiger partial charge in [-0.3, -0.25) is 0 Å². The lowest BCUT2D eigenvalue weighted by molar-refractivity contribution is 0.118. The second-order valence-corrected chi connectivity index (χ2v) is 4.43. The zero-order chi connectivity index (χ0) is 12.0. The molecule has 1 aromatic rings. The summed E-state index contributed by atoms with van der Waals surface area (Å²) in [6, 6.07) is 4.29. The van der Waals surface area contributed by atoms with E-state index in [1.54, 1.807) is 6.07 Å². The van der Waals surface area contributed by atoms with Crippen molar-refractivity contribution >= 4 is 17.3 Å². The fourth-order valence-corrected chi connectivity index (χ4v) is 1.44. The summed E-state index contributed by atoms with van der Waals surface area (Å²) < 4.78 is 18.1. The average Bonchev–Trinajstić information content (AvgIpc) is 2.20. The zero-order valence-electron chi connectivity index (χ0n) is 9.59. The summed E-state index contributed by atoms with van der Waals surface area (Å²) in [5.74, 6) is 0.209. The van der Waals surface area contributed by atoms with Gasteiger partial charge < -0.3 is 10.1 Å². The molecule has 1 aromatic carbocycles. The Morgan fingerprint density at radius 1 is 1.44 bits per heavy atom. The van der Waals surface area contributed by atoms with E-state index in [0.717, 1.165) is 12.3 Å². The summed E-state index contributed by atoms with van der Waals surface area (Å²) >= 11 is 5.85. The van der Waals surface area contributed by atoms with Crippen molar-refractivity contribution in [2.24, 2.45) is 5.92 Å². The summed E-state index contributed by atoms with van der Waals surface area (Å²) in [7, 11) is 0. The number of hydrogen-bond donors (Lipinski definition) is 1. The SMILES string of the molecule is CC(C)COCCNc1ccc(F)cc1Cl. The van der Waals surface area contributed by atoms with Gasteiger partial charge in [-0.25, -0.2) is 4.39 Å². The highest BCUT2D eigenvalue weighted by Gasteiger charge is 2.00. The van der Waals surface area contributed by atoms with Crippen LogP contribution in [0.2, 0.25) is 5.02 Å². The van der Waals surface area contributed by atoms with Crippen LogP contribution in [0.5, 0.6) is 0 Å². The monoisotopic (exact) mass is 245 g/mol. The molecular formula is C12H17ClFNO. The number of rotatable bonds is 6. The van der Waals surface area contributed by atoms with Gasteiger partial charge >= 0.3 is 0 Å². The summed E-state index contributed by atoms with van der Waals surface area (Å²) in [6.45, 7) is 6.23. The van der Waals surface area contributed by atoms with Crippen LogP contribution >= 0.6 is 11.6 Å². The van der Waals surface area contributed by atoms with Gasteiger partial charge in [-0.1, -0.05) is 25.4 Å². The van der Waals surface area contributed by atoms with Crippen LogP contribution in [0, 0.1) is 11.7 Å². The minimum absolute atomic E-state index is 0.327. The molecule has 0 saturated heterocycles. The quantitative estimate of drug-likeness (QED) is 0.774. The Morgan fingerprint density at radius 2 is 2.19 bits per heavy atom. The maximum absolute atomic E-state index is 12.7. The van der Waals surface area contributed by atoms with Crippen LogP contribution in [-0.4, -0.2) is 19.8 Å². The summed E-state index contributed by atoms with van der Waals surface area (Å²) in [5, 5.41) is 3.48. The number of ether oxygens (including phenoxy) is 1. The summed E-state index contributed by atoms with van der Waals surface area (Å²) in [6.07, 6.45) is 0. The van der Waals surface area contributed by atoms with Crippen LogP contribution in [0.15, 0.2) is 18.2 Å². The van der Waals surface area contributed by atoms with Gasteiger partial charge in [-0.15, -0.1) is 0 Å². The van der Waals surface area contributed by atoms with Crippen molar-refractivity contribution < 1.29 is 9.13 Å². The van der Waals surface area contributed by atoms with Crippen LogP contribution in [0.4, 0.5) is 10.1 Å². The number of nitrogens with one attached hydrogen (secondary N) is 1. The summed E-state index contributed by atoms with van der Waals surface area (Å²) in [4.78, 5) is 0. The maximum atomic E-state index is 12.7. The third-order valence-corrected chi connectivity index (χ3v) is 2.26. The van der Waals surface area contributed by atoms with E-state index in [0.29, 0.717) is 24.1 Å². The average molecular weight is 246 g/mol. The van der Waals surface area contributed by atoms with Gasteiger partial charge in [0.15, 0.2) is 0 Å². The van der Waals surface area contributed by atoms with Crippen molar-refractivity contribution in [3.05, 3.63) is 29.0 Å². The third-order valence-electron chi connectivity index (χ3n) is 1.94. The Morgan fingerprint density at radius 3 is 2.81 bits per heavy atom. The lowest BCUT2D eigenvalue weighted by atomic mass is 10.2. The van der Waals surface area contributed by atoms with Gasteiger partial charge in [0, 0.05) is 13.2 Å². The van der Waals surface area contributed by atoms with E-state index in [2.05, 4.69) is 19.2 Å². The Balaban J connectivity index is 2.27. The molecule has 0 saturated carbocycles. The number of anilines is 1. The second kappa shape index (κ2) is 6.71. The molecule has 0 amide bonds. The molecule has 1 N–H and O–H groups in total. The molecule has 0 aliphatic carbocycles. The molecule has 0 aliphatic heterocycles. The molecule has 0 aliphatic rings. The normalized spacial score (nSPS) is 10.8. The Kier molecular flexibility index (Phi) is 5.56. The van der Waals surface area contributed by atoms with Gasteiger partial charge in [0.05, 0.1) is 17.3 Å². The van der Waals surface area contributed by atoms with Crippen molar-refractivity contribution in [1.82, 2.24) is 0 Å². The molecule has 4 heteroatoms. The molecule has 1 rings (SSSR count). The van der Waals surface area contributed by atoms with E-state index in [9.17, 15) is 4.39 Å². The highest BCUT2D eigenvalue weighted by molar-refractivity contribution is 6.33. The maximum Gasteiger partial charge on any atom is 0.124 e. The smallest absolute Gasteiger partial charge is 0.124 e. The molecule has 2 nitrogen and oxygen atoms in total. The van der Waals surface area contributed by atoms with E-state index in [-0.39, 0.29) is 5.82 Å².